The first-order chi connectivity index (χ1) is 8.73. The second kappa shape index (κ2) is 6.06. The fraction of sp³-hybridized carbons (Fsp3) is 0.533. The van der Waals surface area contributed by atoms with Gasteiger partial charge in [0.2, 0.25) is 0 Å². The second-order valence-electron chi connectivity index (χ2n) is 5.35. The standard InChI is InChI=1S/C15H24N2O2/c1-9-6-10(2)12(4)15(11(9)3)17(5)8-13(16)7-14(18)19/h6,13H,7-8,16H2,1-5H3,(H,18,19). The first kappa shape index (κ1) is 15.5. The van der Waals surface area contributed by atoms with Crippen molar-refractivity contribution in [2.45, 2.75) is 40.2 Å². The SMILES string of the molecule is Cc1cc(C)c(C)c(N(C)CC(N)CC(=O)O)c1C. The Balaban J connectivity index is 2.99. The van der Waals surface area contributed by atoms with Crippen LogP contribution in [0.15, 0.2) is 6.07 Å². The van der Waals surface area contributed by atoms with Crippen molar-refractivity contribution in [1.29, 1.82) is 0 Å². The highest BCUT2D eigenvalue weighted by atomic mass is 16.4. The molecule has 0 saturated heterocycles. The molecule has 3 N–H and O–H groups in total. The summed E-state index contributed by atoms with van der Waals surface area (Å²) < 4.78 is 0. The predicted molar refractivity (Wildman–Crippen MR) is 78.9 cm³/mol. The van der Waals surface area contributed by atoms with Crippen LogP contribution in [-0.4, -0.2) is 30.7 Å². The number of rotatable bonds is 5. The molecule has 0 aliphatic carbocycles. The van der Waals surface area contributed by atoms with Crippen molar-refractivity contribution in [2.75, 3.05) is 18.5 Å². The lowest BCUT2D eigenvalue weighted by Gasteiger charge is -2.28. The number of nitrogens with zero attached hydrogens (tertiary/aromatic N) is 1. The Morgan fingerprint density at radius 3 is 2.16 bits per heavy atom. The summed E-state index contributed by atoms with van der Waals surface area (Å²) in [6.07, 6.45) is -0.00671. The van der Waals surface area contributed by atoms with Gasteiger partial charge in [-0.1, -0.05) is 6.07 Å². The molecule has 0 bridgehead atoms. The van der Waals surface area contributed by atoms with Gasteiger partial charge in [-0.3, -0.25) is 4.79 Å². The molecule has 1 rings (SSSR count). The maximum Gasteiger partial charge on any atom is 0.304 e. The molecule has 4 nitrogen and oxygen atoms in total. The van der Waals surface area contributed by atoms with Crippen LogP contribution in [0.3, 0.4) is 0 Å². The molecule has 0 amide bonds. The van der Waals surface area contributed by atoms with E-state index in [-0.39, 0.29) is 12.5 Å². The third-order valence-corrected chi connectivity index (χ3v) is 3.65. The quantitative estimate of drug-likeness (QED) is 0.855. The van der Waals surface area contributed by atoms with E-state index in [0.717, 1.165) is 0 Å². The molecule has 1 unspecified atom stereocenters. The van der Waals surface area contributed by atoms with Gasteiger partial charge in [0.05, 0.1) is 6.42 Å². The van der Waals surface area contributed by atoms with Crippen molar-refractivity contribution in [2.24, 2.45) is 5.73 Å². The Labute approximate surface area is 115 Å². The van der Waals surface area contributed by atoms with Gasteiger partial charge in [-0.25, -0.2) is 0 Å². The average molecular weight is 264 g/mol. The van der Waals surface area contributed by atoms with Crippen LogP contribution in [0.2, 0.25) is 0 Å². The normalized spacial score (nSPS) is 12.3. The maximum absolute atomic E-state index is 10.7. The minimum Gasteiger partial charge on any atom is -0.481 e. The summed E-state index contributed by atoms with van der Waals surface area (Å²) in [4.78, 5) is 12.7. The number of aliphatic carboxylic acids is 1. The van der Waals surface area contributed by atoms with Crippen molar-refractivity contribution in [3.05, 3.63) is 28.3 Å². The van der Waals surface area contributed by atoms with Gasteiger partial charge in [-0.05, 0) is 49.9 Å². The van der Waals surface area contributed by atoms with Crippen molar-refractivity contribution in [1.82, 2.24) is 0 Å². The van der Waals surface area contributed by atoms with Crippen molar-refractivity contribution < 1.29 is 9.90 Å². The van der Waals surface area contributed by atoms with Crippen molar-refractivity contribution >= 4 is 11.7 Å². The molecule has 106 valence electrons. The van der Waals surface area contributed by atoms with Gasteiger partial charge in [0.25, 0.3) is 0 Å². The van der Waals surface area contributed by atoms with Crippen LogP contribution in [0.25, 0.3) is 0 Å². The molecule has 0 heterocycles. The summed E-state index contributed by atoms with van der Waals surface area (Å²) in [6, 6.07) is 1.82. The number of benzene rings is 1. The molecule has 4 heteroatoms. The number of aryl methyl sites for hydroxylation is 2. The van der Waals surface area contributed by atoms with Crippen LogP contribution < -0.4 is 10.6 Å². The topological polar surface area (TPSA) is 66.6 Å². The number of carbonyl (C=O) groups is 1. The number of anilines is 1. The average Bonchev–Trinajstić information content (AvgIpc) is 2.25. The Morgan fingerprint density at radius 2 is 1.74 bits per heavy atom. The van der Waals surface area contributed by atoms with Gasteiger partial charge in [0.1, 0.15) is 0 Å². The summed E-state index contributed by atoms with van der Waals surface area (Å²) >= 11 is 0. The van der Waals surface area contributed by atoms with Crippen LogP contribution in [0.1, 0.15) is 28.7 Å². The third-order valence-electron chi connectivity index (χ3n) is 3.65. The number of hydrogen-bond acceptors (Lipinski definition) is 3. The highest BCUT2D eigenvalue weighted by Gasteiger charge is 2.16. The van der Waals surface area contributed by atoms with Gasteiger partial charge in [0, 0.05) is 25.3 Å². The molecule has 19 heavy (non-hydrogen) atoms. The zero-order valence-electron chi connectivity index (χ0n) is 12.4. The largest absolute Gasteiger partial charge is 0.481 e. The van der Waals surface area contributed by atoms with Gasteiger partial charge in [0.15, 0.2) is 0 Å². The van der Waals surface area contributed by atoms with E-state index in [1.165, 1.54) is 27.9 Å². The lowest BCUT2D eigenvalue weighted by molar-refractivity contribution is -0.137. The monoisotopic (exact) mass is 264 g/mol. The Bertz CT molecular complexity index is 457. The summed E-state index contributed by atoms with van der Waals surface area (Å²) in [5.74, 6) is -0.852. The first-order valence-corrected chi connectivity index (χ1v) is 6.50. The van der Waals surface area contributed by atoms with Gasteiger partial charge >= 0.3 is 5.97 Å². The highest BCUT2D eigenvalue weighted by molar-refractivity contribution is 5.68. The smallest absolute Gasteiger partial charge is 0.304 e. The Kier molecular flexibility index (Phi) is 4.95. The van der Waals surface area contributed by atoms with Crippen molar-refractivity contribution in [3.8, 4) is 0 Å². The van der Waals surface area contributed by atoms with Gasteiger partial charge in [-0.2, -0.15) is 0 Å². The van der Waals surface area contributed by atoms with Crippen LogP contribution >= 0.6 is 0 Å². The van der Waals surface area contributed by atoms with Crippen LogP contribution in [0.4, 0.5) is 5.69 Å². The highest BCUT2D eigenvalue weighted by Crippen LogP contribution is 2.29. The number of likely N-dealkylation sites (N-methyl/N-ethyl adjacent to an activating group) is 1. The number of hydrogen-bond donors (Lipinski definition) is 2. The summed E-state index contributed by atoms with van der Waals surface area (Å²) in [7, 11) is 1.97. The summed E-state index contributed by atoms with van der Waals surface area (Å²) in [6.45, 7) is 8.91. The van der Waals surface area contributed by atoms with E-state index in [1.54, 1.807) is 0 Å². The van der Waals surface area contributed by atoms with E-state index in [2.05, 4.69) is 38.7 Å². The van der Waals surface area contributed by atoms with E-state index in [0.29, 0.717) is 6.54 Å². The minimum atomic E-state index is -0.852. The molecule has 0 spiro atoms. The summed E-state index contributed by atoms with van der Waals surface area (Å²) in [5.41, 5.74) is 12.0. The van der Waals surface area contributed by atoms with E-state index >= 15 is 0 Å². The molecule has 1 aromatic rings. The Hall–Kier alpha value is -1.55. The zero-order chi connectivity index (χ0) is 14.7. The third kappa shape index (κ3) is 3.70. The lowest BCUT2D eigenvalue weighted by atomic mass is 9.97. The number of carboxylic acids is 1. The molecule has 1 aromatic carbocycles. The molecule has 0 radical (unpaired) electrons. The number of carboxylic acid groups (broad SMARTS) is 1. The Morgan fingerprint density at radius 1 is 1.26 bits per heavy atom. The van der Waals surface area contributed by atoms with E-state index in [4.69, 9.17) is 10.8 Å². The molecule has 1 atom stereocenters. The van der Waals surface area contributed by atoms with Crippen LogP contribution in [0, 0.1) is 27.7 Å². The fourth-order valence-electron chi connectivity index (χ4n) is 2.50. The second-order valence-corrected chi connectivity index (χ2v) is 5.35. The van der Waals surface area contributed by atoms with E-state index in [1.807, 2.05) is 7.05 Å². The minimum absolute atomic E-state index is 0.00671. The number of nitrogens with two attached hydrogens (primary N) is 1. The molecular weight excluding hydrogens is 240 g/mol. The summed E-state index contributed by atoms with van der Waals surface area (Å²) in [5, 5.41) is 8.77. The van der Waals surface area contributed by atoms with Crippen LogP contribution in [0.5, 0.6) is 0 Å². The van der Waals surface area contributed by atoms with E-state index in [9.17, 15) is 4.79 Å². The predicted octanol–water partition coefficient (Wildman–Crippen LogP) is 2.16. The van der Waals surface area contributed by atoms with Gasteiger partial charge in [-0.15, -0.1) is 0 Å². The molecule has 0 fully saturated rings. The van der Waals surface area contributed by atoms with E-state index < -0.39 is 5.97 Å². The molecule has 0 saturated carbocycles. The fourth-order valence-corrected chi connectivity index (χ4v) is 2.50. The molecule has 0 aliphatic heterocycles. The van der Waals surface area contributed by atoms with Gasteiger partial charge < -0.3 is 15.7 Å². The molecular formula is C15H24N2O2. The lowest BCUT2D eigenvalue weighted by Crippen LogP contribution is -2.37. The zero-order valence-corrected chi connectivity index (χ0v) is 12.4. The van der Waals surface area contributed by atoms with Crippen molar-refractivity contribution in [3.63, 3.8) is 0 Å². The first-order valence-electron chi connectivity index (χ1n) is 6.50. The maximum atomic E-state index is 10.7. The molecule has 0 aromatic heterocycles. The van der Waals surface area contributed by atoms with Crippen LogP contribution in [-0.2, 0) is 4.79 Å². The molecule has 0 aliphatic rings.